The Labute approximate surface area is 162 Å². The van der Waals surface area contributed by atoms with Gasteiger partial charge in [-0.15, -0.1) is 0 Å². The van der Waals surface area contributed by atoms with Gasteiger partial charge < -0.3 is 14.6 Å². The van der Waals surface area contributed by atoms with Gasteiger partial charge in [-0.3, -0.25) is 4.79 Å². The van der Waals surface area contributed by atoms with Gasteiger partial charge in [0.1, 0.15) is 11.4 Å². The summed E-state index contributed by atoms with van der Waals surface area (Å²) in [7, 11) is 0. The van der Waals surface area contributed by atoms with Gasteiger partial charge in [0.25, 0.3) is 0 Å². The standard InChI is InChI=1S/C21H20ClN3O2/c1-13-10-19-14(11-15(13)22)18(26)12-21(27-19)6-8-25(9-7-21)20-23-16-4-2-3-5-17(16)24-20/h2-5,10-11H,6-9,12H2,1H3,(H,23,24). The van der Waals surface area contributed by atoms with E-state index < -0.39 is 5.60 Å². The summed E-state index contributed by atoms with van der Waals surface area (Å²) in [5.41, 5.74) is 3.12. The second-order valence-corrected chi connectivity index (χ2v) is 7.95. The molecule has 1 N–H and O–H groups in total. The monoisotopic (exact) mass is 381 g/mol. The van der Waals surface area contributed by atoms with Crippen molar-refractivity contribution in [3.05, 3.63) is 52.5 Å². The number of fused-ring (bicyclic) bond motifs is 2. The fourth-order valence-electron chi connectivity index (χ4n) is 4.11. The van der Waals surface area contributed by atoms with Crippen molar-refractivity contribution < 1.29 is 9.53 Å². The van der Waals surface area contributed by atoms with Gasteiger partial charge in [-0.1, -0.05) is 23.7 Å². The maximum absolute atomic E-state index is 12.7. The summed E-state index contributed by atoms with van der Waals surface area (Å²) in [6.45, 7) is 3.53. The first-order valence-corrected chi connectivity index (χ1v) is 9.63. The molecule has 3 heterocycles. The summed E-state index contributed by atoms with van der Waals surface area (Å²) in [5, 5.41) is 0.612. The molecule has 138 valence electrons. The van der Waals surface area contributed by atoms with E-state index in [4.69, 9.17) is 21.3 Å². The van der Waals surface area contributed by atoms with Gasteiger partial charge >= 0.3 is 0 Å². The van der Waals surface area contributed by atoms with Crippen molar-refractivity contribution in [3.8, 4) is 5.75 Å². The molecule has 2 aromatic carbocycles. The third-order valence-electron chi connectivity index (χ3n) is 5.72. The average Bonchev–Trinajstić information content (AvgIpc) is 3.08. The Balaban J connectivity index is 1.38. The van der Waals surface area contributed by atoms with Crippen LogP contribution in [0.3, 0.4) is 0 Å². The van der Waals surface area contributed by atoms with E-state index in [2.05, 4.69) is 9.88 Å². The Morgan fingerprint density at radius 3 is 2.78 bits per heavy atom. The first-order chi connectivity index (χ1) is 13.0. The number of carbonyl (C=O) groups excluding carboxylic acids is 1. The highest BCUT2D eigenvalue weighted by molar-refractivity contribution is 6.31. The number of piperidine rings is 1. The lowest BCUT2D eigenvalue weighted by atomic mass is 9.82. The second kappa shape index (κ2) is 5.99. The van der Waals surface area contributed by atoms with Crippen molar-refractivity contribution in [2.45, 2.75) is 31.8 Å². The molecule has 0 amide bonds. The zero-order valence-corrected chi connectivity index (χ0v) is 15.8. The molecule has 1 fully saturated rings. The molecule has 0 atom stereocenters. The maximum atomic E-state index is 12.7. The minimum atomic E-state index is -0.424. The number of aromatic amines is 1. The van der Waals surface area contributed by atoms with E-state index >= 15 is 0 Å². The number of hydrogen-bond donors (Lipinski definition) is 1. The first kappa shape index (κ1) is 16.6. The Morgan fingerprint density at radius 1 is 1.22 bits per heavy atom. The minimum Gasteiger partial charge on any atom is -0.486 e. The molecule has 2 aliphatic heterocycles. The summed E-state index contributed by atoms with van der Waals surface area (Å²) < 4.78 is 6.37. The van der Waals surface area contributed by atoms with Gasteiger partial charge in [-0.2, -0.15) is 0 Å². The Morgan fingerprint density at radius 2 is 2.00 bits per heavy atom. The molecule has 2 aliphatic rings. The highest BCUT2D eigenvalue weighted by Gasteiger charge is 2.43. The largest absolute Gasteiger partial charge is 0.486 e. The van der Waals surface area contributed by atoms with Gasteiger partial charge in [-0.05, 0) is 36.8 Å². The van der Waals surface area contributed by atoms with Crippen molar-refractivity contribution in [1.29, 1.82) is 0 Å². The number of aryl methyl sites for hydroxylation is 1. The molecule has 1 aromatic heterocycles. The van der Waals surface area contributed by atoms with Gasteiger partial charge in [0, 0.05) is 31.0 Å². The number of nitrogens with zero attached hydrogens (tertiary/aromatic N) is 2. The number of rotatable bonds is 1. The normalized spacial score (nSPS) is 18.6. The molecule has 0 saturated carbocycles. The predicted octanol–water partition coefficient (Wildman–Crippen LogP) is 4.53. The number of H-pyrrole nitrogens is 1. The molecule has 0 unspecified atom stereocenters. The predicted molar refractivity (Wildman–Crippen MR) is 106 cm³/mol. The number of anilines is 1. The number of ether oxygens (including phenoxy) is 1. The van der Waals surface area contributed by atoms with Crippen LogP contribution in [-0.2, 0) is 0 Å². The SMILES string of the molecule is Cc1cc2c(cc1Cl)C(=O)CC1(CCN(c3nc4ccccc4[nH]3)CC1)O2. The molecule has 0 radical (unpaired) electrons. The summed E-state index contributed by atoms with van der Waals surface area (Å²) in [6.07, 6.45) is 1.99. The third-order valence-corrected chi connectivity index (χ3v) is 6.13. The van der Waals surface area contributed by atoms with Crippen molar-refractivity contribution in [3.63, 3.8) is 0 Å². The summed E-state index contributed by atoms with van der Waals surface area (Å²) in [5.74, 6) is 1.68. The minimum absolute atomic E-state index is 0.121. The number of imidazole rings is 1. The van der Waals surface area contributed by atoms with Crippen molar-refractivity contribution in [2.24, 2.45) is 0 Å². The number of Topliss-reactive ketones (excluding diaryl/α,β-unsaturated/α-hetero) is 1. The smallest absolute Gasteiger partial charge is 0.203 e. The lowest BCUT2D eigenvalue weighted by molar-refractivity contribution is 0.0230. The van der Waals surface area contributed by atoms with Gasteiger partial charge in [-0.25, -0.2) is 4.98 Å². The number of ketones is 1. The van der Waals surface area contributed by atoms with Crippen LogP contribution in [0, 0.1) is 6.92 Å². The van der Waals surface area contributed by atoms with E-state index in [0.29, 0.717) is 22.8 Å². The number of para-hydroxylation sites is 2. The lowest BCUT2D eigenvalue weighted by Gasteiger charge is -2.44. The van der Waals surface area contributed by atoms with E-state index in [0.717, 1.165) is 48.5 Å². The molecule has 3 aromatic rings. The van der Waals surface area contributed by atoms with E-state index in [1.165, 1.54) is 0 Å². The molecular weight excluding hydrogens is 362 g/mol. The Kier molecular flexibility index (Phi) is 3.69. The molecule has 1 saturated heterocycles. The number of hydrogen-bond acceptors (Lipinski definition) is 4. The Bertz CT molecular complexity index is 1020. The van der Waals surface area contributed by atoms with Crippen LogP contribution in [0.4, 0.5) is 5.95 Å². The third kappa shape index (κ3) is 2.77. The fraction of sp³-hybridized carbons (Fsp3) is 0.333. The number of carbonyl (C=O) groups is 1. The van der Waals surface area contributed by atoms with Crippen molar-refractivity contribution in [2.75, 3.05) is 18.0 Å². The quantitative estimate of drug-likeness (QED) is 0.672. The van der Waals surface area contributed by atoms with Crippen LogP contribution >= 0.6 is 11.6 Å². The Hall–Kier alpha value is -2.53. The lowest BCUT2D eigenvalue weighted by Crippen LogP contribution is -2.51. The zero-order chi connectivity index (χ0) is 18.6. The summed E-state index contributed by atoms with van der Waals surface area (Å²) >= 11 is 6.18. The molecule has 0 bridgehead atoms. The number of nitrogens with one attached hydrogen (secondary N) is 1. The summed E-state index contributed by atoms with van der Waals surface area (Å²) in [6, 6.07) is 11.7. The molecule has 5 rings (SSSR count). The molecule has 0 aliphatic carbocycles. The molecule has 5 nitrogen and oxygen atoms in total. The van der Waals surface area contributed by atoms with Gasteiger partial charge in [0.2, 0.25) is 5.95 Å². The van der Waals surface area contributed by atoms with Crippen LogP contribution in [0.15, 0.2) is 36.4 Å². The van der Waals surface area contributed by atoms with E-state index in [1.807, 2.05) is 37.3 Å². The zero-order valence-electron chi connectivity index (χ0n) is 15.1. The molecular formula is C21H20ClN3O2. The number of aromatic nitrogens is 2. The second-order valence-electron chi connectivity index (χ2n) is 7.55. The van der Waals surface area contributed by atoms with Gasteiger partial charge in [0.05, 0.1) is 23.0 Å². The van der Waals surface area contributed by atoms with Crippen LogP contribution in [0.25, 0.3) is 11.0 Å². The maximum Gasteiger partial charge on any atom is 0.203 e. The van der Waals surface area contributed by atoms with Crippen LogP contribution in [0.1, 0.15) is 35.2 Å². The topological polar surface area (TPSA) is 58.2 Å². The number of benzene rings is 2. The van der Waals surface area contributed by atoms with Crippen LogP contribution < -0.4 is 9.64 Å². The van der Waals surface area contributed by atoms with Crippen LogP contribution in [0.2, 0.25) is 5.02 Å². The van der Waals surface area contributed by atoms with Gasteiger partial charge in [0.15, 0.2) is 5.78 Å². The highest BCUT2D eigenvalue weighted by Crippen LogP contribution is 2.41. The molecule has 6 heteroatoms. The first-order valence-electron chi connectivity index (χ1n) is 9.25. The van der Waals surface area contributed by atoms with E-state index in [-0.39, 0.29) is 5.78 Å². The van der Waals surface area contributed by atoms with Crippen LogP contribution in [0.5, 0.6) is 5.75 Å². The molecule has 1 spiro atoms. The summed E-state index contributed by atoms with van der Waals surface area (Å²) in [4.78, 5) is 23.0. The van der Waals surface area contributed by atoms with Crippen LogP contribution in [-0.4, -0.2) is 34.4 Å². The van der Waals surface area contributed by atoms with E-state index in [9.17, 15) is 4.79 Å². The fourth-order valence-corrected chi connectivity index (χ4v) is 4.27. The number of halogens is 1. The average molecular weight is 382 g/mol. The highest BCUT2D eigenvalue weighted by atomic mass is 35.5. The van der Waals surface area contributed by atoms with Crippen molar-refractivity contribution in [1.82, 2.24) is 9.97 Å². The van der Waals surface area contributed by atoms with Crippen molar-refractivity contribution >= 4 is 34.4 Å². The van der Waals surface area contributed by atoms with E-state index in [1.54, 1.807) is 6.07 Å². The molecule has 27 heavy (non-hydrogen) atoms.